The van der Waals surface area contributed by atoms with Gasteiger partial charge in [0.1, 0.15) is 10.2 Å². The molecule has 1 aromatic carbocycles. The molecule has 0 N–H and O–H groups in total. The lowest BCUT2D eigenvalue weighted by Crippen LogP contribution is -1.82. The largest absolute Gasteiger partial charge is 0.245 e. The minimum atomic E-state index is 0.399. The van der Waals surface area contributed by atoms with Crippen molar-refractivity contribution in [2.24, 2.45) is 0 Å². The average molecular weight is 257 g/mol. The maximum Gasteiger partial charge on any atom is 0.147 e. The van der Waals surface area contributed by atoms with E-state index in [2.05, 4.69) is 9.97 Å². The van der Waals surface area contributed by atoms with Crippen LogP contribution in [0.25, 0.3) is 0 Å². The Morgan fingerprint density at radius 3 is 2.27 bits per heavy atom. The standard InChI is InChI=1S/C10H6Cl2N2S/c11-7-1-3-8(4-2-7)15-10-6-13-9(12)5-14-10/h1-6H. The molecule has 0 saturated heterocycles. The Bertz CT molecular complexity index is 398. The van der Waals surface area contributed by atoms with Gasteiger partial charge in [-0.25, -0.2) is 9.97 Å². The molecule has 1 aromatic heterocycles. The fraction of sp³-hybridized carbons (Fsp3) is 0. The monoisotopic (exact) mass is 256 g/mol. The lowest BCUT2D eigenvalue weighted by atomic mass is 10.4. The number of benzene rings is 1. The highest BCUT2D eigenvalue weighted by Gasteiger charge is 1.99. The van der Waals surface area contributed by atoms with Crippen molar-refractivity contribution in [1.82, 2.24) is 9.97 Å². The van der Waals surface area contributed by atoms with Crippen LogP contribution in [0.2, 0.25) is 10.2 Å². The zero-order valence-corrected chi connectivity index (χ0v) is 9.85. The third kappa shape index (κ3) is 3.09. The highest BCUT2D eigenvalue weighted by Crippen LogP contribution is 2.26. The van der Waals surface area contributed by atoms with Crippen molar-refractivity contribution >= 4 is 35.0 Å². The number of halogens is 2. The van der Waals surface area contributed by atoms with Crippen molar-refractivity contribution in [3.8, 4) is 0 Å². The molecule has 15 heavy (non-hydrogen) atoms. The number of hydrogen-bond acceptors (Lipinski definition) is 3. The van der Waals surface area contributed by atoms with Crippen molar-refractivity contribution in [2.45, 2.75) is 9.92 Å². The van der Waals surface area contributed by atoms with E-state index in [1.165, 1.54) is 18.0 Å². The summed E-state index contributed by atoms with van der Waals surface area (Å²) in [5, 5.41) is 1.93. The zero-order chi connectivity index (χ0) is 10.7. The van der Waals surface area contributed by atoms with Crippen LogP contribution in [0.15, 0.2) is 46.6 Å². The number of hydrogen-bond donors (Lipinski definition) is 0. The van der Waals surface area contributed by atoms with Crippen molar-refractivity contribution in [3.05, 3.63) is 46.8 Å². The fourth-order valence-electron chi connectivity index (χ4n) is 0.977. The van der Waals surface area contributed by atoms with E-state index in [1.807, 2.05) is 24.3 Å². The minimum absolute atomic E-state index is 0.399. The van der Waals surface area contributed by atoms with Crippen LogP contribution in [0, 0.1) is 0 Å². The molecule has 2 rings (SSSR count). The van der Waals surface area contributed by atoms with Gasteiger partial charge in [-0.3, -0.25) is 0 Å². The highest BCUT2D eigenvalue weighted by atomic mass is 35.5. The predicted octanol–water partition coefficient (Wildman–Crippen LogP) is 3.93. The zero-order valence-electron chi connectivity index (χ0n) is 7.52. The van der Waals surface area contributed by atoms with Gasteiger partial charge in [-0.05, 0) is 24.3 Å². The minimum Gasteiger partial charge on any atom is -0.245 e. The number of nitrogens with zero attached hydrogens (tertiary/aromatic N) is 2. The first-order valence-corrected chi connectivity index (χ1v) is 5.72. The van der Waals surface area contributed by atoms with Gasteiger partial charge in [0, 0.05) is 9.92 Å². The molecule has 0 unspecified atom stereocenters. The van der Waals surface area contributed by atoms with Gasteiger partial charge in [0.05, 0.1) is 12.4 Å². The van der Waals surface area contributed by atoms with Gasteiger partial charge < -0.3 is 0 Å². The van der Waals surface area contributed by atoms with E-state index in [0.29, 0.717) is 5.15 Å². The van der Waals surface area contributed by atoms with Crippen LogP contribution < -0.4 is 0 Å². The van der Waals surface area contributed by atoms with Crippen molar-refractivity contribution in [3.63, 3.8) is 0 Å². The summed E-state index contributed by atoms with van der Waals surface area (Å²) in [6.45, 7) is 0. The lowest BCUT2D eigenvalue weighted by Gasteiger charge is -1.99. The predicted molar refractivity (Wildman–Crippen MR) is 62.6 cm³/mol. The second-order valence-electron chi connectivity index (χ2n) is 2.73. The van der Waals surface area contributed by atoms with E-state index >= 15 is 0 Å². The normalized spacial score (nSPS) is 10.3. The summed E-state index contributed by atoms with van der Waals surface area (Å²) in [5.41, 5.74) is 0. The Labute approximate surface area is 102 Å². The van der Waals surface area contributed by atoms with Gasteiger partial charge in [-0.1, -0.05) is 35.0 Å². The smallest absolute Gasteiger partial charge is 0.147 e. The molecule has 0 aliphatic rings. The van der Waals surface area contributed by atoms with Crippen molar-refractivity contribution < 1.29 is 0 Å². The molecule has 0 bridgehead atoms. The molecule has 2 aromatic rings. The molecule has 2 nitrogen and oxygen atoms in total. The van der Waals surface area contributed by atoms with Gasteiger partial charge in [0.2, 0.25) is 0 Å². The first kappa shape index (κ1) is 10.7. The first-order valence-electron chi connectivity index (χ1n) is 4.15. The number of rotatable bonds is 2. The second-order valence-corrected chi connectivity index (χ2v) is 4.65. The second kappa shape index (κ2) is 4.84. The molecule has 5 heteroatoms. The van der Waals surface area contributed by atoms with Gasteiger partial charge in [0.25, 0.3) is 0 Å². The van der Waals surface area contributed by atoms with Gasteiger partial charge in [-0.15, -0.1) is 0 Å². The van der Waals surface area contributed by atoms with Gasteiger partial charge in [0.15, 0.2) is 0 Å². The quantitative estimate of drug-likeness (QED) is 0.815. The summed E-state index contributed by atoms with van der Waals surface area (Å²) < 4.78 is 0. The molecule has 0 radical (unpaired) electrons. The van der Waals surface area contributed by atoms with E-state index in [1.54, 1.807) is 6.20 Å². The van der Waals surface area contributed by atoms with Crippen molar-refractivity contribution in [1.29, 1.82) is 0 Å². The summed E-state index contributed by atoms with van der Waals surface area (Å²) in [6, 6.07) is 7.55. The van der Waals surface area contributed by atoms with E-state index in [4.69, 9.17) is 23.2 Å². The molecule has 0 aliphatic carbocycles. The summed E-state index contributed by atoms with van der Waals surface area (Å²) >= 11 is 12.9. The van der Waals surface area contributed by atoms with E-state index < -0.39 is 0 Å². The van der Waals surface area contributed by atoms with E-state index in [0.717, 1.165) is 14.9 Å². The molecule has 0 aliphatic heterocycles. The SMILES string of the molecule is Clc1ccc(Sc2cnc(Cl)cn2)cc1. The summed E-state index contributed by atoms with van der Waals surface area (Å²) in [7, 11) is 0. The van der Waals surface area contributed by atoms with Crippen LogP contribution >= 0.6 is 35.0 Å². The van der Waals surface area contributed by atoms with E-state index in [9.17, 15) is 0 Å². The molecular formula is C10H6Cl2N2S. The highest BCUT2D eigenvalue weighted by molar-refractivity contribution is 7.99. The van der Waals surface area contributed by atoms with Crippen LogP contribution in [-0.2, 0) is 0 Å². The first-order chi connectivity index (χ1) is 7.24. The van der Waals surface area contributed by atoms with Crippen LogP contribution in [0.1, 0.15) is 0 Å². The lowest BCUT2D eigenvalue weighted by molar-refractivity contribution is 1.06. The van der Waals surface area contributed by atoms with Gasteiger partial charge >= 0.3 is 0 Å². The van der Waals surface area contributed by atoms with Crippen LogP contribution in [0.3, 0.4) is 0 Å². The molecule has 0 amide bonds. The van der Waals surface area contributed by atoms with Gasteiger partial charge in [-0.2, -0.15) is 0 Å². The summed E-state index contributed by atoms with van der Waals surface area (Å²) in [4.78, 5) is 9.15. The third-order valence-electron chi connectivity index (χ3n) is 1.63. The van der Waals surface area contributed by atoms with Crippen LogP contribution in [0.4, 0.5) is 0 Å². The molecule has 0 spiro atoms. The maximum atomic E-state index is 5.78. The molecule has 1 heterocycles. The van der Waals surface area contributed by atoms with E-state index in [-0.39, 0.29) is 0 Å². The Morgan fingerprint density at radius 2 is 1.67 bits per heavy atom. The summed E-state index contributed by atoms with van der Waals surface area (Å²) in [6.07, 6.45) is 3.17. The Hall–Kier alpha value is -0.770. The Kier molecular flexibility index (Phi) is 3.46. The molecule has 0 atom stereocenters. The Balaban J connectivity index is 2.15. The molecule has 0 saturated carbocycles. The van der Waals surface area contributed by atoms with Crippen molar-refractivity contribution in [2.75, 3.05) is 0 Å². The molecule has 76 valence electrons. The third-order valence-corrected chi connectivity index (χ3v) is 3.01. The molecular weight excluding hydrogens is 251 g/mol. The topological polar surface area (TPSA) is 25.8 Å². The molecule has 0 fully saturated rings. The van der Waals surface area contributed by atoms with Crippen LogP contribution in [-0.4, -0.2) is 9.97 Å². The Morgan fingerprint density at radius 1 is 0.933 bits per heavy atom. The fourth-order valence-corrected chi connectivity index (χ4v) is 1.92. The van der Waals surface area contributed by atoms with Crippen LogP contribution in [0.5, 0.6) is 0 Å². The number of aromatic nitrogens is 2. The maximum absolute atomic E-state index is 5.78. The summed E-state index contributed by atoms with van der Waals surface area (Å²) in [5.74, 6) is 0. The average Bonchev–Trinajstić information content (AvgIpc) is 2.25.